The summed E-state index contributed by atoms with van der Waals surface area (Å²) < 4.78 is 12.8. The molecule has 1 aliphatic carbocycles. The Kier molecular flexibility index (Phi) is 4.32. The van der Waals surface area contributed by atoms with Gasteiger partial charge in [-0.15, -0.1) is 0 Å². The summed E-state index contributed by atoms with van der Waals surface area (Å²) in [6.45, 7) is 1.99. The van der Waals surface area contributed by atoms with Gasteiger partial charge in [-0.05, 0) is 43.4 Å². The van der Waals surface area contributed by atoms with Crippen LogP contribution in [0.5, 0.6) is 0 Å². The molecule has 0 aliphatic heterocycles. The molecule has 1 atom stereocenters. The predicted octanol–water partition coefficient (Wildman–Crippen LogP) is 3.79. The van der Waals surface area contributed by atoms with E-state index in [0.29, 0.717) is 4.90 Å². The zero-order chi connectivity index (χ0) is 13.9. The number of allylic oxidation sites excluding steroid dienone is 1. The molecule has 0 saturated heterocycles. The fourth-order valence-electron chi connectivity index (χ4n) is 2.44. The van der Waals surface area contributed by atoms with Gasteiger partial charge in [0.05, 0.1) is 12.1 Å². The summed E-state index contributed by atoms with van der Waals surface area (Å²) in [6, 6.07) is 7.34. The lowest BCUT2D eigenvalue weighted by Gasteiger charge is -2.32. The Hall–Kier alpha value is -1.26. The number of halogens is 1. The van der Waals surface area contributed by atoms with Gasteiger partial charge in [0.25, 0.3) is 0 Å². The van der Waals surface area contributed by atoms with Gasteiger partial charge >= 0.3 is 0 Å². The van der Waals surface area contributed by atoms with Gasteiger partial charge in [-0.25, -0.2) is 0 Å². The number of benzene rings is 1. The van der Waals surface area contributed by atoms with Gasteiger partial charge in [-0.2, -0.15) is 3.89 Å². The van der Waals surface area contributed by atoms with E-state index in [4.69, 9.17) is 11.5 Å². The van der Waals surface area contributed by atoms with Crippen LogP contribution in [0.1, 0.15) is 31.7 Å². The van der Waals surface area contributed by atoms with E-state index in [1.54, 1.807) is 6.07 Å². The third-order valence-corrected chi connectivity index (χ3v) is 4.07. The molecule has 4 heteroatoms. The summed E-state index contributed by atoms with van der Waals surface area (Å²) in [5.74, 6) is 0. The highest BCUT2D eigenvalue weighted by atomic mass is 32.2. The highest BCUT2D eigenvalue weighted by Crippen LogP contribution is 2.31. The number of hydrogen-bond acceptors (Lipinski definition) is 3. The first-order chi connectivity index (χ1) is 9.04. The Balaban J connectivity index is 2.31. The normalized spacial score (nSPS) is 24.2. The van der Waals surface area contributed by atoms with Crippen LogP contribution in [0.4, 0.5) is 3.89 Å². The van der Waals surface area contributed by atoms with Crippen LogP contribution in [0.2, 0.25) is 0 Å². The maximum absolute atomic E-state index is 12.8. The fraction of sp³-hybridized carbons (Fsp3) is 0.333. The van der Waals surface area contributed by atoms with Gasteiger partial charge in [0.15, 0.2) is 0 Å². The molecule has 0 amide bonds. The Morgan fingerprint density at radius 3 is 2.74 bits per heavy atom. The predicted molar refractivity (Wildman–Crippen MR) is 80.1 cm³/mol. The quantitative estimate of drug-likeness (QED) is 0.884. The highest BCUT2D eigenvalue weighted by Gasteiger charge is 2.27. The molecule has 2 nitrogen and oxygen atoms in total. The second-order valence-corrected chi connectivity index (χ2v) is 5.75. The second-order valence-electron chi connectivity index (χ2n) is 5.16. The van der Waals surface area contributed by atoms with Crippen molar-refractivity contribution < 1.29 is 3.89 Å². The standard InChI is InChI=1S/C15H19FN2S/c1-15(18)10-4-6-13(17)12(15)9-8-11-5-2-3-7-14(11)19-16/h2-3,5,7-9H,4,6,10,17-18H2,1H3/b9-8+. The van der Waals surface area contributed by atoms with Crippen molar-refractivity contribution in [3.63, 3.8) is 0 Å². The number of hydrogen-bond donors (Lipinski definition) is 2. The van der Waals surface area contributed by atoms with E-state index in [0.717, 1.165) is 36.1 Å². The zero-order valence-electron chi connectivity index (χ0n) is 11.0. The van der Waals surface area contributed by atoms with E-state index in [1.165, 1.54) is 0 Å². The lowest BCUT2D eigenvalue weighted by Crippen LogP contribution is -2.41. The monoisotopic (exact) mass is 278 g/mol. The largest absolute Gasteiger partial charge is 0.402 e. The number of nitrogens with two attached hydrogens (primary N) is 2. The molecule has 0 bridgehead atoms. The van der Waals surface area contributed by atoms with Crippen molar-refractivity contribution in [1.82, 2.24) is 0 Å². The van der Waals surface area contributed by atoms with Crippen molar-refractivity contribution in [2.75, 3.05) is 0 Å². The molecule has 1 unspecified atom stereocenters. The molecule has 102 valence electrons. The molecule has 0 saturated carbocycles. The molecule has 2 rings (SSSR count). The first-order valence-corrected chi connectivity index (χ1v) is 7.10. The van der Waals surface area contributed by atoms with Crippen LogP contribution in [0.25, 0.3) is 6.08 Å². The smallest absolute Gasteiger partial charge is 0.0818 e. The average Bonchev–Trinajstić information content (AvgIpc) is 2.38. The maximum atomic E-state index is 12.8. The first-order valence-electron chi connectivity index (χ1n) is 6.38. The third kappa shape index (κ3) is 3.19. The van der Waals surface area contributed by atoms with Crippen molar-refractivity contribution in [1.29, 1.82) is 0 Å². The summed E-state index contributed by atoms with van der Waals surface area (Å²) in [5, 5.41) is 0. The average molecular weight is 278 g/mol. The molecule has 0 radical (unpaired) electrons. The SMILES string of the molecule is CC1(N)CCCC(N)=C1/C=C/c1ccccc1SF. The van der Waals surface area contributed by atoms with Crippen LogP contribution in [-0.2, 0) is 0 Å². The molecule has 0 fully saturated rings. The third-order valence-electron chi connectivity index (χ3n) is 3.54. The van der Waals surface area contributed by atoms with E-state index >= 15 is 0 Å². The Morgan fingerprint density at radius 2 is 2.05 bits per heavy atom. The van der Waals surface area contributed by atoms with Crippen molar-refractivity contribution >= 4 is 18.2 Å². The van der Waals surface area contributed by atoms with Gasteiger partial charge in [0.1, 0.15) is 0 Å². The van der Waals surface area contributed by atoms with E-state index < -0.39 is 5.54 Å². The van der Waals surface area contributed by atoms with Gasteiger partial charge in [0, 0.05) is 16.1 Å². The lowest BCUT2D eigenvalue weighted by atomic mass is 9.80. The molecule has 1 aromatic carbocycles. The van der Waals surface area contributed by atoms with Crippen LogP contribution in [0.15, 0.2) is 46.5 Å². The van der Waals surface area contributed by atoms with E-state index in [-0.39, 0.29) is 12.1 Å². The Morgan fingerprint density at radius 1 is 1.32 bits per heavy atom. The second kappa shape index (κ2) is 5.80. The van der Waals surface area contributed by atoms with Crippen LogP contribution < -0.4 is 11.5 Å². The Labute approximate surface area is 118 Å². The molecular weight excluding hydrogens is 259 g/mol. The van der Waals surface area contributed by atoms with E-state index in [2.05, 4.69) is 0 Å². The van der Waals surface area contributed by atoms with Crippen LogP contribution in [0, 0.1) is 0 Å². The number of rotatable bonds is 3. The topological polar surface area (TPSA) is 52.0 Å². The van der Waals surface area contributed by atoms with Gasteiger partial charge in [0.2, 0.25) is 0 Å². The molecule has 1 aromatic rings. The van der Waals surface area contributed by atoms with E-state index in [1.807, 2.05) is 37.3 Å². The molecular formula is C15H19FN2S. The van der Waals surface area contributed by atoms with Crippen LogP contribution in [0.3, 0.4) is 0 Å². The fourth-order valence-corrected chi connectivity index (χ4v) is 2.80. The molecule has 19 heavy (non-hydrogen) atoms. The summed E-state index contributed by atoms with van der Waals surface area (Å²) in [5.41, 5.74) is 14.6. The lowest BCUT2D eigenvalue weighted by molar-refractivity contribution is 0.460. The van der Waals surface area contributed by atoms with Crippen molar-refractivity contribution in [2.45, 2.75) is 36.6 Å². The Bertz CT molecular complexity index is 521. The molecule has 1 aliphatic rings. The van der Waals surface area contributed by atoms with Crippen molar-refractivity contribution in [2.24, 2.45) is 11.5 Å². The molecule has 0 spiro atoms. The molecule has 0 heterocycles. The maximum Gasteiger partial charge on any atom is 0.0818 e. The summed E-state index contributed by atoms with van der Waals surface area (Å²) in [6.07, 6.45) is 6.65. The van der Waals surface area contributed by atoms with Gasteiger partial charge in [-0.3, -0.25) is 0 Å². The minimum atomic E-state index is -0.392. The molecule has 4 N–H and O–H groups in total. The zero-order valence-corrected chi connectivity index (χ0v) is 11.8. The van der Waals surface area contributed by atoms with E-state index in [9.17, 15) is 3.89 Å². The summed E-state index contributed by atoms with van der Waals surface area (Å²) in [7, 11) is 0. The van der Waals surface area contributed by atoms with Gasteiger partial charge < -0.3 is 11.5 Å². The highest BCUT2D eigenvalue weighted by molar-refractivity contribution is 7.94. The minimum Gasteiger partial charge on any atom is -0.402 e. The van der Waals surface area contributed by atoms with Crippen LogP contribution in [-0.4, -0.2) is 5.54 Å². The summed E-state index contributed by atoms with van der Waals surface area (Å²) in [4.78, 5) is 0.604. The molecule has 0 aromatic heterocycles. The van der Waals surface area contributed by atoms with Crippen molar-refractivity contribution in [3.05, 3.63) is 47.2 Å². The first kappa shape index (κ1) is 14.2. The van der Waals surface area contributed by atoms with Crippen molar-refractivity contribution in [3.8, 4) is 0 Å². The van der Waals surface area contributed by atoms with Gasteiger partial charge in [-0.1, -0.05) is 30.4 Å². The van der Waals surface area contributed by atoms with Crippen LogP contribution >= 0.6 is 12.1 Å². The minimum absolute atomic E-state index is 0.253. The summed E-state index contributed by atoms with van der Waals surface area (Å²) >= 11 is 0.253.